The zero-order valence-corrected chi connectivity index (χ0v) is 12.2. The van der Waals surface area contributed by atoms with Crippen molar-refractivity contribution in [1.82, 2.24) is 9.88 Å². The van der Waals surface area contributed by atoms with Crippen LogP contribution in [0.2, 0.25) is 0 Å². The van der Waals surface area contributed by atoms with Crippen LogP contribution in [0.5, 0.6) is 0 Å². The minimum absolute atomic E-state index is 0.00916. The fourth-order valence-corrected chi connectivity index (χ4v) is 1.69. The van der Waals surface area contributed by atoms with Crippen LogP contribution in [0.15, 0.2) is 39.7 Å². The van der Waals surface area contributed by atoms with Gasteiger partial charge in [-0.15, -0.1) is 0 Å². The van der Waals surface area contributed by atoms with Gasteiger partial charge in [-0.2, -0.15) is 0 Å². The second-order valence-corrected chi connectivity index (χ2v) is 6.08. The van der Waals surface area contributed by atoms with Gasteiger partial charge in [0.1, 0.15) is 0 Å². The third-order valence-corrected chi connectivity index (χ3v) is 2.68. The van der Waals surface area contributed by atoms with E-state index in [1.165, 1.54) is 0 Å². The Hall–Kier alpha value is -0.870. The minimum Gasteiger partial charge on any atom is -0.310 e. The first-order valence-electron chi connectivity index (χ1n) is 5.55. The monoisotopic (exact) mass is 298 g/mol. The van der Waals surface area contributed by atoms with E-state index in [0.717, 1.165) is 10.0 Å². The summed E-state index contributed by atoms with van der Waals surface area (Å²) in [6.07, 6.45) is 1.78. The summed E-state index contributed by atoms with van der Waals surface area (Å²) in [5.74, 6) is 0. The molecular formula is C13H19BrN2O. The molecule has 0 aromatic carbocycles. The molecule has 0 amide bonds. The van der Waals surface area contributed by atoms with Gasteiger partial charge in [-0.05, 0) is 48.3 Å². The summed E-state index contributed by atoms with van der Waals surface area (Å²) in [5, 5.41) is 3.35. The van der Waals surface area contributed by atoms with E-state index in [1.807, 2.05) is 0 Å². The Bertz CT molecular complexity index is 457. The van der Waals surface area contributed by atoms with E-state index >= 15 is 0 Å². The van der Waals surface area contributed by atoms with Gasteiger partial charge in [0.15, 0.2) is 0 Å². The standard InChI is InChI=1S/C13H19BrN2O/c1-10(7-15-13(2,3)4)8-16-9-11(14)5-6-12(16)17/h5-6,9,15H,1,7-8H2,2-4H3. The average Bonchev–Trinajstić information content (AvgIpc) is 2.20. The molecule has 0 saturated carbocycles. The second-order valence-electron chi connectivity index (χ2n) is 5.17. The molecule has 0 aliphatic carbocycles. The van der Waals surface area contributed by atoms with Crippen molar-refractivity contribution in [3.05, 3.63) is 45.3 Å². The zero-order valence-electron chi connectivity index (χ0n) is 10.6. The number of pyridine rings is 1. The zero-order chi connectivity index (χ0) is 13.1. The summed E-state index contributed by atoms with van der Waals surface area (Å²) in [4.78, 5) is 11.6. The number of nitrogens with one attached hydrogen (secondary N) is 1. The molecule has 1 N–H and O–H groups in total. The maximum absolute atomic E-state index is 11.6. The molecule has 17 heavy (non-hydrogen) atoms. The molecule has 0 fully saturated rings. The Kier molecular flexibility index (Phi) is 4.71. The number of halogens is 1. The summed E-state index contributed by atoms with van der Waals surface area (Å²) in [6.45, 7) is 11.5. The molecule has 3 nitrogen and oxygen atoms in total. The van der Waals surface area contributed by atoms with Gasteiger partial charge in [0.2, 0.25) is 0 Å². The van der Waals surface area contributed by atoms with Gasteiger partial charge in [0.25, 0.3) is 5.56 Å². The molecule has 0 aliphatic rings. The van der Waals surface area contributed by atoms with Crippen LogP contribution in [0.4, 0.5) is 0 Å². The molecule has 1 aromatic heterocycles. The average molecular weight is 299 g/mol. The molecule has 0 atom stereocenters. The molecule has 0 radical (unpaired) electrons. The van der Waals surface area contributed by atoms with Crippen molar-refractivity contribution in [3.63, 3.8) is 0 Å². The summed E-state index contributed by atoms with van der Waals surface area (Å²) in [7, 11) is 0. The van der Waals surface area contributed by atoms with Crippen LogP contribution in [-0.2, 0) is 6.54 Å². The van der Waals surface area contributed by atoms with E-state index in [1.54, 1.807) is 22.9 Å². The van der Waals surface area contributed by atoms with Crippen molar-refractivity contribution in [1.29, 1.82) is 0 Å². The molecule has 0 saturated heterocycles. The molecule has 1 rings (SSSR count). The number of nitrogens with zero attached hydrogens (tertiary/aromatic N) is 1. The molecule has 0 aliphatic heterocycles. The molecule has 0 spiro atoms. The Morgan fingerprint density at radius 2 is 2.12 bits per heavy atom. The van der Waals surface area contributed by atoms with Gasteiger partial charge in [0, 0.05) is 35.4 Å². The minimum atomic E-state index is -0.00916. The van der Waals surface area contributed by atoms with E-state index in [9.17, 15) is 4.79 Å². The van der Waals surface area contributed by atoms with Gasteiger partial charge >= 0.3 is 0 Å². The van der Waals surface area contributed by atoms with Crippen molar-refractivity contribution < 1.29 is 0 Å². The van der Waals surface area contributed by atoms with Gasteiger partial charge in [-0.25, -0.2) is 0 Å². The van der Waals surface area contributed by atoms with Crippen molar-refractivity contribution in [2.24, 2.45) is 0 Å². The predicted molar refractivity (Wildman–Crippen MR) is 75.3 cm³/mol. The third-order valence-electron chi connectivity index (χ3n) is 2.21. The van der Waals surface area contributed by atoms with Crippen LogP contribution in [0.1, 0.15) is 20.8 Å². The Balaban J connectivity index is 2.62. The van der Waals surface area contributed by atoms with Crippen LogP contribution in [0, 0.1) is 0 Å². The molecule has 1 heterocycles. The number of hydrogen-bond acceptors (Lipinski definition) is 2. The van der Waals surface area contributed by atoms with E-state index in [0.29, 0.717) is 13.1 Å². The molecule has 1 aromatic rings. The van der Waals surface area contributed by atoms with Crippen LogP contribution >= 0.6 is 15.9 Å². The van der Waals surface area contributed by atoms with Crippen LogP contribution in [-0.4, -0.2) is 16.7 Å². The first-order valence-corrected chi connectivity index (χ1v) is 6.35. The van der Waals surface area contributed by atoms with Gasteiger partial charge in [-0.3, -0.25) is 4.79 Å². The SMILES string of the molecule is C=C(CNC(C)(C)C)Cn1cc(Br)ccc1=O. The summed E-state index contributed by atoms with van der Waals surface area (Å²) in [6, 6.07) is 3.30. The molecular weight excluding hydrogens is 280 g/mol. The van der Waals surface area contributed by atoms with Crippen molar-refractivity contribution in [2.75, 3.05) is 6.54 Å². The molecule has 0 bridgehead atoms. The van der Waals surface area contributed by atoms with Crippen LogP contribution in [0.3, 0.4) is 0 Å². The molecule has 94 valence electrons. The Labute approximate surface area is 111 Å². The Morgan fingerprint density at radius 3 is 2.71 bits per heavy atom. The summed E-state index contributed by atoms with van der Waals surface area (Å²) < 4.78 is 2.55. The van der Waals surface area contributed by atoms with Crippen LogP contribution in [0.25, 0.3) is 0 Å². The van der Waals surface area contributed by atoms with Crippen LogP contribution < -0.4 is 10.9 Å². The maximum atomic E-state index is 11.6. The number of aromatic nitrogens is 1. The highest BCUT2D eigenvalue weighted by atomic mass is 79.9. The Morgan fingerprint density at radius 1 is 1.47 bits per heavy atom. The second kappa shape index (κ2) is 5.65. The third kappa shape index (κ3) is 5.33. The lowest BCUT2D eigenvalue weighted by Gasteiger charge is -2.21. The maximum Gasteiger partial charge on any atom is 0.250 e. The van der Waals surface area contributed by atoms with Gasteiger partial charge in [0.05, 0.1) is 0 Å². The first kappa shape index (κ1) is 14.2. The predicted octanol–water partition coefficient (Wildman–Crippen LogP) is 2.56. The van der Waals surface area contributed by atoms with Crippen molar-refractivity contribution in [2.45, 2.75) is 32.9 Å². The smallest absolute Gasteiger partial charge is 0.250 e. The lowest BCUT2D eigenvalue weighted by molar-refractivity contribution is 0.440. The number of hydrogen-bond donors (Lipinski definition) is 1. The molecule has 4 heteroatoms. The highest BCUT2D eigenvalue weighted by Crippen LogP contribution is 2.06. The van der Waals surface area contributed by atoms with Gasteiger partial charge < -0.3 is 9.88 Å². The quantitative estimate of drug-likeness (QED) is 0.867. The molecule has 0 unspecified atom stereocenters. The highest BCUT2D eigenvalue weighted by molar-refractivity contribution is 9.10. The normalized spacial score (nSPS) is 11.5. The first-order chi connectivity index (χ1) is 7.78. The van der Waals surface area contributed by atoms with E-state index < -0.39 is 0 Å². The van der Waals surface area contributed by atoms with E-state index in [2.05, 4.69) is 48.6 Å². The largest absolute Gasteiger partial charge is 0.310 e. The fourth-order valence-electron chi connectivity index (χ4n) is 1.31. The summed E-state index contributed by atoms with van der Waals surface area (Å²) >= 11 is 3.35. The lowest BCUT2D eigenvalue weighted by atomic mass is 10.1. The summed E-state index contributed by atoms with van der Waals surface area (Å²) in [5.41, 5.74) is 1.04. The lowest BCUT2D eigenvalue weighted by Crippen LogP contribution is -2.37. The van der Waals surface area contributed by atoms with E-state index in [-0.39, 0.29) is 11.1 Å². The topological polar surface area (TPSA) is 34.0 Å². The van der Waals surface area contributed by atoms with Gasteiger partial charge in [-0.1, -0.05) is 6.58 Å². The highest BCUT2D eigenvalue weighted by Gasteiger charge is 2.09. The van der Waals surface area contributed by atoms with E-state index in [4.69, 9.17) is 0 Å². The van der Waals surface area contributed by atoms with Crippen molar-refractivity contribution in [3.8, 4) is 0 Å². The van der Waals surface area contributed by atoms with Crippen molar-refractivity contribution >= 4 is 15.9 Å². The fraction of sp³-hybridized carbons (Fsp3) is 0.462. The number of rotatable bonds is 4.